The summed E-state index contributed by atoms with van der Waals surface area (Å²) < 4.78 is -1.49. The van der Waals surface area contributed by atoms with Crippen LogP contribution in [0, 0.1) is 11.8 Å². The molecule has 50 heteroatoms. The number of nitrogens with one attached hydrogen (secondary N) is 14. The smallest absolute Gasteiger partial charge is 0.326 e. The predicted octanol–water partition coefficient (Wildman–Crippen LogP) is -10.8. The van der Waals surface area contributed by atoms with Crippen molar-refractivity contribution in [1.82, 2.24) is 79.3 Å². The Labute approximate surface area is 769 Å². The molecule has 2 aromatic carbocycles. The number of carboxylic acid groups (broad SMARTS) is 1. The van der Waals surface area contributed by atoms with Gasteiger partial charge in [-0.15, -0.1) is 0 Å². The van der Waals surface area contributed by atoms with Gasteiger partial charge < -0.3 is 162 Å². The molecule has 38 N–H and O–H groups in total. The summed E-state index contributed by atoms with van der Waals surface area (Å²) in [5.41, 5.74) is 52.9. The third kappa shape index (κ3) is 38.2. The minimum atomic E-state index is -2.07. The average Bonchev–Trinajstić information content (AvgIpc) is 1.70. The highest BCUT2D eigenvalue weighted by molar-refractivity contribution is 7.81. The number of hydrogen-bond donors (Lipinski definition) is 31. The molecule has 0 unspecified atom stereocenters. The molecule has 1 heterocycles. The van der Waals surface area contributed by atoms with E-state index in [1.54, 1.807) is 27.7 Å². The van der Waals surface area contributed by atoms with Crippen LogP contribution in [0.1, 0.15) is 137 Å². The van der Waals surface area contributed by atoms with Gasteiger partial charge in [0.05, 0.1) is 30.8 Å². The number of thiol groups is 2. The van der Waals surface area contributed by atoms with Crippen LogP contribution in [0.3, 0.4) is 0 Å². The number of nitrogens with two attached hydrogens (primary N) is 9. The fraction of sp³-hybridized carbons (Fsp3) is 0.630. The highest BCUT2D eigenvalue weighted by atomic mass is 32.1. The Hall–Kier alpha value is -11.4. The van der Waals surface area contributed by atoms with E-state index in [1.165, 1.54) is 62.4 Å². The van der Waals surface area contributed by atoms with Crippen LogP contribution < -0.4 is 126 Å². The Kier molecular flexibility index (Phi) is 49.0. The zero-order valence-electron chi connectivity index (χ0n) is 74.7. The molecule has 0 spiro atoms. The molecule has 1 aliphatic heterocycles. The van der Waals surface area contributed by atoms with Gasteiger partial charge in [-0.05, 0) is 159 Å². The number of amides is 16. The van der Waals surface area contributed by atoms with Crippen molar-refractivity contribution in [2.24, 2.45) is 68.4 Å². The first-order valence-electron chi connectivity index (χ1n) is 42.8. The molecule has 0 aliphatic carbocycles. The number of aliphatic imine (C=N–C) groups is 1. The van der Waals surface area contributed by atoms with Crippen molar-refractivity contribution in [1.29, 1.82) is 0 Å². The summed E-state index contributed by atoms with van der Waals surface area (Å²) in [6.07, 6.45) is -8.24. The Morgan fingerprint density at radius 3 is 1.19 bits per heavy atom. The highest BCUT2D eigenvalue weighted by Gasteiger charge is 2.46. The third-order valence-corrected chi connectivity index (χ3v) is 21.8. The number of phenolic OH excluding ortho intramolecular Hbond substituents is 2. The molecule has 3 rings (SSSR count). The fourth-order valence-electron chi connectivity index (χ4n) is 13.4. The molecule has 16 amide bonds. The minimum absolute atomic E-state index is 0.0340. The maximum atomic E-state index is 14.7. The Balaban J connectivity index is 1.91. The van der Waals surface area contributed by atoms with Gasteiger partial charge in [0.2, 0.25) is 94.5 Å². The standard InChI is InChI=1S/C81H135N25O23S2/c1-9-39(4)60(102-73(122)57-34-46(111)36-106(57)78(127)59(88)38(2)3)74(123)105-63(81(7,8)131)77(126)99-53(32-42-14-18-44(109)19-15-42)71(120)104-62(41(6)108)76(125)98-54(35-58(87)112)70(119)93-48(13-11-31-91-80(89)90)65(114)96-52(25-30-86)69(118)103-61(40(5)107)75(124)97-51(24-29-85)67(116)92-47(12-10-26-82)64(113)94-49(22-27-83)66(115)95-50(23-28-84)68(117)101-56(37-130)72(121)100-55(79(128)129)33-43-16-20-45(110)21-17-43/h14-21,38-41,46-57,59-63,107-111,130-131H,9-13,22-37,82-86,88H2,1-8H3,(H2,87,112)(H,92,116)(H,93,119)(H,94,113)(H,95,115)(H,96,114)(H,97,124)(H,98,125)(H,99,126)(H,100,121)(H,101,117)(H,102,122)(H,103,118)(H,104,120)(H,105,123)(H,128,129)(H4,89,90,91)/t39-,40+,41+,46+,47-,48-,49-,50-,51+,52-,53-,54-,55-,56-,57-,59-,60-,61-,62-,63+/m0/s1. The van der Waals surface area contributed by atoms with E-state index in [1.807, 2.05) is 0 Å². The molecule has 0 aromatic heterocycles. The molecule has 734 valence electrons. The number of nitrogens with zero attached hydrogens (tertiary/aromatic N) is 2. The lowest BCUT2D eigenvalue weighted by Gasteiger charge is -2.34. The summed E-state index contributed by atoms with van der Waals surface area (Å²) in [4.78, 5) is 243. The van der Waals surface area contributed by atoms with Gasteiger partial charge in [0.15, 0.2) is 5.96 Å². The van der Waals surface area contributed by atoms with Gasteiger partial charge in [-0.25, -0.2) is 4.79 Å². The molecule has 131 heavy (non-hydrogen) atoms. The fourth-order valence-corrected chi connectivity index (χ4v) is 13.8. The number of benzene rings is 2. The molecular formula is C81H135N25O23S2. The zero-order chi connectivity index (χ0) is 99.0. The third-order valence-electron chi connectivity index (χ3n) is 21.2. The van der Waals surface area contributed by atoms with Gasteiger partial charge >= 0.3 is 5.97 Å². The number of hydrogen-bond acceptors (Lipinski definition) is 31. The monoisotopic (exact) mass is 1890 g/mol. The normalized spacial score (nSPS) is 17.2. The molecule has 0 radical (unpaired) electrons. The van der Waals surface area contributed by atoms with Crippen LogP contribution in [0.4, 0.5) is 0 Å². The first-order valence-corrected chi connectivity index (χ1v) is 43.9. The minimum Gasteiger partial charge on any atom is -0.508 e. The average molecular weight is 1890 g/mol. The topological polar surface area (TPSA) is 830 Å². The van der Waals surface area contributed by atoms with Crippen molar-refractivity contribution in [3.63, 3.8) is 0 Å². The lowest BCUT2D eigenvalue weighted by atomic mass is 9.95. The number of aliphatic hydroxyl groups excluding tert-OH is 3. The van der Waals surface area contributed by atoms with Gasteiger partial charge in [0.1, 0.15) is 102 Å². The number of phenols is 2. The quantitative estimate of drug-likeness (QED) is 0.0127. The molecule has 0 saturated carbocycles. The molecular weight excluding hydrogens is 1760 g/mol. The maximum Gasteiger partial charge on any atom is 0.326 e. The Morgan fingerprint density at radius 1 is 0.466 bits per heavy atom. The number of β-amino-alcohol motifs (C(OH)–C–C–N with tert-alkyl or cyclic N) is 1. The molecule has 1 fully saturated rings. The predicted molar refractivity (Wildman–Crippen MR) is 484 cm³/mol. The lowest BCUT2D eigenvalue weighted by molar-refractivity contribution is -0.142. The van der Waals surface area contributed by atoms with Crippen LogP contribution in [-0.4, -0.2) is 313 Å². The number of aliphatic carboxylic acids is 1. The summed E-state index contributed by atoms with van der Waals surface area (Å²) >= 11 is 8.79. The van der Waals surface area contributed by atoms with E-state index >= 15 is 0 Å². The van der Waals surface area contributed by atoms with Gasteiger partial charge in [0.25, 0.3) is 0 Å². The van der Waals surface area contributed by atoms with Crippen LogP contribution in [0.5, 0.6) is 11.5 Å². The van der Waals surface area contributed by atoms with E-state index in [4.69, 9.17) is 51.6 Å². The maximum absolute atomic E-state index is 14.7. The first-order chi connectivity index (χ1) is 61.5. The van der Waals surface area contributed by atoms with Crippen molar-refractivity contribution in [2.45, 2.75) is 259 Å². The summed E-state index contributed by atoms with van der Waals surface area (Å²) in [6, 6.07) is -14.9. The van der Waals surface area contributed by atoms with E-state index < -0.39 is 245 Å². The largest absolute Gasteiger partial charge is 0.508 e. The van der Waals surface area contributed by atoms with Crippen molar-refractivity contribution in [3.8, 4) is 11.5 Å². The number of primary amides is 1. The summed E-state index contributed by atoms with van der Waals surface area (Å²) in [6.45, 7) is 10.2. The van der Waals surface area contributed by atoms with E-state index in [0.717, 1.165) is 18.7 Å². The Bertz CT molecular complexity index is 4210. The highest BCUT2D eigenvalue weighted by Crippen LogP contribution is 2.25. The first kappa shape index (κ1) is 114. The molecule has 1 saturated heterocycles. The van der Waals surface area contributed by atoms with Crippen LogP contribution in [-0.2, 0) is 94.3 Å². The SMILES string of the molecule is CC[C@H](C)[C@H](NC(=O)[C@@H]1C[C@@H](O)CN1C(=O)[C@@H](N)C(C)C)C(=O)N[C@H](C(=O)N[C@@H](Cc1ccc(O)cc1)C(=O)N[C@H](C(=O)N[C@@H](CC(N)=O)C(=O)N[C@@H](CCCN=C(N)N)C(=O)N[C@@H](CCN)C(=O)N[C@H](C(=O)N[C@H](CCN)C(=O)N[C@@H](CCCN)C(=O)N[C@@H](CCN)C(=O)N[C@@H](CCN)C(=O)N[C@@H](CS)C(=O)N[C@@H](Cc1ccc(O)cc1)C(=O)O)[C@@H](C)O)[C@@H](C)O)C(C)(C)S. The second-order valence-corrected chi connectivity index (χ2v) is 34.3. The van der Waals surface area contributed by atoms with E-state index in [-0.39, 0.29) is 138 Å². The van der Waals surface area contributed by atoms with E-state index in [9.17, 15) is 112 Å². The van der Waals surface area contributed by atoms with Crippen LogP contribution in [0.2, 0.25) is 0 Å². The number of rotatable bonds is 58. The van der Waals surface area contributed by atoms with Crippen LogP contribution >= 0.6 is 25.3 Å². The number of carbonyl (C=O) groups excluding carboxylic acids is 16. The number of likely N-dealkylation sites (tertiary alicyclic amines) is 1. The second-order valence-electron chi connectivity index (χ2n) is 32.8. The van der Waals surface area contributed by atoms with Gasteiger partial charge in [-0.2, -0.15) is 25.3 Å². The number of aliphatic hydroxyl groups is 3. The zero-order valence-corrected chi connectivity index (χ0v) is 76.5. The van der Waals surface area contributed by atoms with E-state index in [0.29, 0.717) is 12.0 Å². The van der Waals surface area contributed by atoms with Crippen molar-refractivity contribution >= 4 is 132 Å². The van der Waals surface area contributed by atoms with Crippen molar-refractivity contribution < 1.29 is 112 Å². The molecule has 20 atom stereocenters. The van der Waals surface area contributed by atoms with Gasteiger partial charge in [0, 0.05) is 42.9 Å². The second kappa shape index (κ2) is 56.4. The number of carbonyl (C=O) groups is 17. The summed E-state index contributed by atoms with van der Waals surface area (Å²) in [7, 11) is 0. The molecule has 0 bridgehead atoms. The molecule has 48 nitrogen and oxygen atoms in total. The lowest BCUT2D eigenvalue weighted by Crippen LogP contribution is -2.64. The number of aromatic hydroxyl groups is 2. The summed E-state index contributed by atoms with van der Waals surface area (Å²) in [5.74, 6) is -20.5. The molecule has 1 aliphatic rings. The van der Waals surface area contributed by atoms with Gasteiger partial charge in [-0.3, -0.25) is 81.7 Å². The Morgan fingerprint density at radius 2 is 0.817 bits per heavy atom. The van der Waals surface area contributed by atoms with Crippen molar-refractivity contribution in [2.75, 3.05) is 51.6 Å². The van der Waals surface area contributed by atoms with E-state index in [2.05, 4.69) is 105 Å². The summed E-state index contributed by atoms with van der Waals surface area (Å²) in [5, 5.41) is 96.8. The number of guanidine groups is 1. The van der Waals surface area contributed by atoms with Crippen LogP contribution in [0.15, 0.2) is 53.5 Å². The number of carboxylic acids is 1. The van der Waals surface area contributed by atoms with Crippen molar-refractivity contribution in [3.05, 3.63) is 59.7 Å². The van der Waals surface area contributed by atoms with Gasteiger partial charge in [-0.1, -0.05) is 58.4 Å². The molecule has 2 aromatic rings. The van der Waals surface area contributed by atoms with Crippen LogP contribution in [0.25, 0.3) is 0 Å².